The molecule has 6 nitrogen and oxygen atoms in total. The Kier molecular flexibility index (Phi) is 6.11. The molecule has 0 atom stereocenters. The summed E-state index contributed by atoms with van der Waals surface area (Å²) in [6, 6.07) is 10.1. The second-order valence-corrected chi connectivity index (χ2v) is 4.78. The van der Waals surface area contributed by atoms with Crippen LogP contribution in [0.2, 0.25) is 0 Å². The molecular formula is C17H19N3O3. The van der Waals surface area contributed by atoms with E-state index in [0.29, 0.717) is 24.4 Å². The summed E-state index contributed by atoms with van der Waals surface area (Å²) in [6.07, 6.45) is 4.18. The van der Waals surface area contributed by atoms with Crippen molar-refractivity contribution in [2.24, 2.45) is 0 Å². The van der Waals surface area contributed by atoms with Gasteiger partial charge < -0.3 is 15.4 Å². The number of ether oxygens (including phenoxy) is 1. The molecule has 0 aliphatic carbocycles. The van der Waals surface area contributed by atoms with Gasteiger partial charge in [0.1, 0.15) is 0 Å². The molecule has 0 radical (unpaired) electrons. The lowest BCUT2D eigenvalue weighted by Crippen LogP contribution is -2.30. The molecule has 2 N–H and O–H groups in total. The molecule has 0 aliphatic rings. The van der Waals surface area contributed by atoms with Crippen molar-refractivity contribution in [1.82, 2.24) is 10.3 Å². The lowest BCUT2D eigenvalue weighted by Gasteiger charge is -2.08. The van der Waals surface area contributed by atoms with Crippen LogP contribution in [0.25, 0.3) is 0 Å². The van der Waals surface area contributed by atoms with E-state index in [4.69, 9.17) is 4.74 Å². The first-order chi connectivity index (χ1) is 11.2. The number of amides is 2. The third kappa shape index (κ3) is 5.43. The highest BCUT2D eigenvalue weighted by molar-refractivity contribution is 5.92. The van der Waals surface area contributed by atoms with Crippen LogP contribution >= 0.6 is 0 Å². The normalized spacial score (nSPS) is 9.96. The van der Waals surface area contributed by atoms with Crippen molar-refractivity contribution < 1.29 is 14.3 Å². The Morgan fingerprint density at radius 2 is 1.78 bits per heavy atom. The molecule has 2 rings (SSSR count). The number of carbonyl (C=O) groups is 2. The molecule has 0 bridgehead atoms. The number of rotatable bonds is 6. The number of benzene rings is 1. The summed E-state index contributed by atoms with van der Waals surface area (Å²) in [6.45, 7) is 2.61. The average Bonchev–Trinajstić information content (AvgIpc) is 2.57. The molecule has 0 aliphatic heterocycles. The molecule has 1 aromatic carbocycles. The highest BCUT2D eigenvalue weighted by atomic mass is 16.5. The smallest absolute Gasteiger partial charge is 0.338 e. The molecule has 6 heteroatoms. The number of carbonyl (C=O) groups excluding carboxylic acids is 2. The van der Waals surface area contributed by atoms with Crippen LogP contribution in [-0.2, 0) is 11.2 Å². The molecule has 1 heterocycles. The van der Waals surface area contributed by atoms with E-state index in [-0.39, 0.29) is 12.0 Å². The highest BCUT2D eigenvalue weighted by Gasteiger charge is 2.06. The van der Waals surface area contributed by atoms with Crippen molar-refractivity contribution in [2.75, 3.05) is 18.5 Å². The summed E-state index contributed by atoms with van der Waals surface area (Å²) in [5.41, 5.74) is 2.18. The van der Waals surface area contributed by atoms with Gasteiger partial charge in [0.05, 0.1) is 12.2 Å². The van der Waals surface area contributed by atoms with Gasteiger partial charge in [0.25, 0.3) is 0 Å². The number of nitrogens with one attached hydrogen (secondary N) is 2. The van der Waals surface area contributed by atoms with E-state index in [1.807, 2.05) is 12.1 Å². The Labute approximate surface area is 134 Å². The minimum Gasteiger partial charge on any atom is -0.462 e. The average molecular weight is 313 g/mol. The first kappa shape index (κ1) is 16.5. The maximum atomic E-state index is 11.8. The van der Waals surface area contributed by atoms with E-state index >= 15 is 0 Å². The monoisotopic (exact) mass is 313 g/mol. The Bertz CT molecular complexity index is 642. The molecule has 23 heavy (non-hydrogen) atoms. The van der Waals surface area contributed by atoms with Crippen LogP contribution in [0.5, 0.6) is 0 Å². The molecule has 1 aromatic heterocycles. The van der Waals surface area contributed by atoms with Crippen molar-refractivity contribution in [3.05, 3.63) is 59.9 Å². The third-order valence-corrected chi connectivity index (χ3v) is 3.10. The van der Waals surface area contributed by atoms with E-state index in [9.17, 15) is 9.59 Å². The van der Waals surface area contributed by atoms with Crippen LogP contribution in [0.4, 0.5) is 10.5 Å². The van der Waals surface area contributed by atoms with Gasteiger partial charge in [0.15, 0.2) is 0 Å². The molecule has 0 saturated heterocycles. The van der Waals surface area contributed by atoms with Gasteiger partial charge in [0.2, 0.25) is 0 Å². The summed E-state index contributed by atoms with van der Waals surface area (Å²) in [5, 5.41) is 5.49. The summed E-state index contributed by atoms with van der Waals surface area (Å²) < 4.78 is 4.90. The lowest BCUT2D eigenvalue weighted by molar-refractivity contribution is 0.0526. The number of esters is 1. The number of hydrogen-bond donors (Lipinski definition) is 2. The van der Waals surface area contributed by atoms with Crippen LogP contribution < -0.4 is 10.6 Å². The quantitative estimate of drug-likeness (QED) is 0.803. The Morgan fingerprint density at radius 3 is 2.43 bits per heavy atom. The Hall–Kier alpha value is -2.89. The van der Waals surface area contributed by atoms with Gasteiger partial charge in [-0.25, -0.2) is 9.59 Å². The topological polar surface area (TPSA) is 80.3 Å². The maximum absolute atomic E-state index is 11.8. The largest absolute Gasteiger partial charge is 0.462 e. The van der Waals surface area contributed by atoms with E-state index in [1.54, 1.807) is 43.6 Å². The standard InChI is InChI=1S/C17H19N3O3/c1-2-23-16(21)14-3-5-15(6-4-14)20-17(22)19-12-9-13-7-10-18-11-8-13/h3-8,10-11H,2,9,12H2,1H3,(H2,19,20,22). The van der Waals surface area contributed by atoms with Gasteiger partial charge >= 0.3 is 12.0 Å². The van der Waals surface area contributed by atoms with Gasteiger partial charge in [-0.15, -0.1) is 0 Å². The second-order valence-electron chi connectivity index (χ2n) is 4.78. The first-order valence-corrected chi connectivity index (χ1v) is 7.40. The van der Waals surface area contributed by atoms with Crippen molar-refractivity contribution in [1.29, 1.82) is 0 Å². The molecule has 120 valence electrons. The van der Waals surface area contributed by atoms with E-state index in [0.717, 1.165) is 12.0 Å². The van der Waals surface area contributed by atoms with Gasteiger partial charge in [-0.1, -0.05) is 0 Å². The van der Waals surface area contributed by atoms with Crippen LogP contribution in [0.3, 0.4) is 0 Å². The number of anilines is 1. The summed E-state index contributed by atoms with van der Waals surface area (Å²) in [4.78, 5) is 27.3. The molecule has 0 fully saturated rings. The summed E-state index contributed by atoms with van der Waals surface area (Å²) >= 11 is 0. The Morgan fingerprint density at radius 1 is 1.09 bits per heavy atom. The number of urea groups is 1. The van der Waals surface area contributed by atoms with Crippen LogP contribution in [0.15, 0.2) is 48.8 Å². The van der Waals surface area contributed by atoms with Crippen molar-refractivity contribution in [3.8, 4) is 0 Å². The van der Waals surface area contributed by atoms with Gasteiger partial charge in [-0.3, -0.25) is 4.98 Å². The van der Waals surface area contributed by atoms with E-state index < -0.39 is 0 Å². The van der Waals surface area contributed by atoms with E-state index in [2.05, 4.69) is 15.6 Å². The fourth-order valence-electron chi connectivity index (χ4n) is 1.95. The first-order valence-electron chi connectivity index (χ1n) is 7.40. The van der Waals surface area contributed by atoms with Crippen molar-refractivity contribution >= 4 is 17.7 Å². The minimum absolute atomic E-state index is 0.289. The highest BCUT2D eigenvalue weighted by Crippen LogP contribution is 2.10. The van der Waals surface area contributed by atoms with Crippen LogP contribution in [0.1, 0.15) is 22.8 Å². The van der Waals surface area contributed by atoms with Gasteiger partial charge in [-0.05, 0) is 55.3 Å². The number of pyridine rings is 1. The number of aromatic nitrogens is 1. The molecule has 0 unspecified atom stereocenters. The number of nitrogens with zero attached hydrogens (tertiary/aromatic N) is 1. The fourth-order valence-corrected chi connectivity index (χ4v) is 1.95. The zero-order chi connectivity index (χ0) is 16.5. The predicted molar refractivity (Wildman–Crippen MR) is 87.4 cm³/mol. The second kappa shape index (κ2) is 8.53. The molecule has 0 spiro atoms. The molecule has 0 saturated carbocycles. The zero-order valence-corrected chi connectivity index (χ0v) is 12.9. The fraction of sp³-hybridized carbons (Fsp3) is 0.235. The van der Waals surface area contributed by atoms with Gasteiger partial charge in [-0.2, -0.15) is 0 Å². The molecule has 2 amide bonds. The molecular weight excluding hydrogens is 294 g/mol. The predicted octanol–water partition coefficient (Wildman–Crippen LogP) is 2.62. The molecule has 2 aromatic rings. The van der Waals surface area contributed by atoms with E-state index in [1.165, 1.54) is 0 Å². The van der Waals surface area contributed by atoms with Crippen LogP contribution in [0, 0.1) is 0 Å². The summed E-state index contributed by atoms with van der Waals surface area (Å²) in [5.74, 6) is -0.374. The lowest BCUT2D eigenvalue weighted by atomic mass is 10.2. The third-order valence-electron chi connectivity index (χ3n) is 3.10. The zero-order valence-electron chi connectivity index (χ0n) is 12.9. The van der Waals surface area contributed by atoms with Crippen molar-refractivity contribution in [3.63, 3.8) is 0 Å². The van der Waals surface area contributed by atoms with Crippen LogP contribution in [-0.4, -0.2) is 30.1 Å². The maximum Gasteiger partial charge on any atom is 0.338 e. The Balaban J connectivity index is 1.77. The van der Waals surface area contributed by atoms with Gasteiger partial charge in [0, 0.05) is 24.6 Å². The van der Waals surface area contributed by atoms with Crippen molar-refractivity contribution in [2.45, 2.75) is 13.3 Å². The number of hydrogen-bond acceptors (Lipinski definition) is 4. The minimum atomic E-state index is -0.374. The SMILES string of the molecule is CCOC(=O)c1ccc(NC(=O)NCCc2ccncc2)cc1. The summed E-state index contributed by atoms with van der Waals surface area (Å²) in [7, 11) is 0.